The molecule has 100 valence electrons. The van der Waals surface area contributed by atoms with E-state index in [1.807, 2.05) is 12.1 Å². The van der Waals surface area contributed by atoms with Crippen LogP contribution < -0.4 is 5.32 Å². The van der Waals surface area contributed by atoms with Crippen molar-refractivity contribution in [2.45, 2.75) is 13.5 Å². The van der Waals surface area contributed by atoms with Gasteiger partial charge in [0, 0.05) is 0 Å². The van der Waals surface area contributed by atoms with Gasteiger partial charge >= 0.3 is 125 Å². The van der Waals surface area contributed by atoms with E-state index in [1.54, 1.807) is 11.3 Å². The van der Waals surface area contributed by atoms with Crippen molar-refractivity contribution in [3.05, 3.63) is 41.2 Å². The Labute approximate surface area is 125 Å². The first-order valence-corrected chi connectivity index (χ1v) is 8.60. The quantitative estimate of drug-likeness (QED) is 0.578. The van der Waals surface area contributed by atoms with E-state index in [9.17, 15) is 0 Å². The first-order chi connectivity index (χ1) is 9.83. The van der Waals surface area contributed by atoms with Crippen LogP contribution in [0.2, 0.25) is 0 Å². The van der Waals surface area contributed by atoms with Gasteiger partial charge in [-0.15, -0.1) is 0 Å². The Balaban J connectivity index is 1.69. The summed E-state index contributed by atoms with van der Waals surface area (Å²) in [6.45, 7) is 2.79. The molecule has 0 atom stereocenters. The summed E-state index contributed by atoms with van der Waals surface area (Å²) in [5.74, 6) is 0. The molecule has 0 aliphatic heterocycles. The predicted octanol–water partition coefficient (Wildman–Crippen LogP) is 2.32. The molecule has 0 unspecified atom stereocenters. The summed E-state index contributed by atoms with van der Waals surface area (Å²) in [5, 5.41) is 5.53. The molecule has 0 bridgehead atoms. The topological polar surface area (TPSA) is 55.1 Å². The van der Waals surface area contributed by atoms with Gasteiger partial charge in [-0.1, -0.05) is 0 Å². The van der Waals surface area contributed by atoms with Crippen LogP contribution in [0, 0.1) is 6.92 Å². The molecule has 4 aromatic rings. The van der Waals surface area contributed by atoms with Crippen LogP contribution in [0.15, 0.2) is 29.8 Å². The number of anilines is 1. The minimum absolute atomic E-state index is 0.00721. The molecule has 3 heterocycles. The zero-order valence-electron chi connectivity index (χ0n) is 10.7. The van der Waals surface area contributed by atoms with Gasteiger partial charge in [0.2, 0.25) is 0 Å². The zero-order valence-corrected chi connectivity index (χ0v) is 13.2. The Hall–Kier alpha value is -1.69. The Morgan fingerprint density at radius 3 is 3.25 bits per heavy atom. The fourth-order valence-corrected chi connectivity index (χ4v) is 4.21. The van der Waals surface area contributed by atoms with E-state index in [0.717, 1.165) is 33.9 Å². The van der Waals surface area contributed by atoms with Crippen LogP contribution in [0.3, 0.4) is 0 Å². The third kappa shape index (κ3) is 1.86. The normalized spacial score (nSPS) is 11.4. The molecule has 4 rings (SSSR count). The van der Waals surface area contributed by atoms with Crippen LogP contribution in [0.4, 0.5) is 5.69 Å². The number of benzene rings is 1. The summed E-state index contributed by atoms with van der Waals surface area (Å²) in [5.41, 5.74) is 5.31. The molecule has 3 aromatic heterocycles. The van der Waals surface area contributed by atoms with E-state index >= 15 is 0 Å². The molecule has 0 saturated carbocycles. The van der Waals surface area contributed by atoms with E-state index in [-0.39, 0.29) is 15.0 Å². The van der Waals surface area contributed by atoms with E-state index < -0.39 is 0 Å². The van der Waals surface area contributed by atoms with Crippen LogP contribution in [0.25, 0.3) is 16.0 Å². The van der Waals surface area contributed by atoms with Gasteiger partial charge in [-0.2, -0.15) is 0 Å². The number of hydrogen-bond acceptors (Lipinski definition) is 5. The van der Waals surface area contributed by atoms with Crippen LogP contribution in [0.1, 0.15) is 11.4 Å². The Bertz CT molecular complexity index is 890. The summed E-state index contributed by atoms with van der Waals surface area (Å²) >= 11 is 1.66. The molecule has 7 heteroatoms. The number of hydrogen-bond donors (Lipinski definition) is 1. The van der Waals surface area contributed by atoms with Gasteiger partial charge in [0.1, 0.15) is 0 Å². The number of aryl methyl sites for hydroxylation is 1. The van der Waals surface area contributed by atoms with Gasteiger partial charge in [-0.3, -0.25) is 0 Å². The number of fused-ring (bicyclic) bond motifs is 2. The standard InChI is InChI=1S/C13H11N5SSe/c1-8-11(18-5-6-19-13(18)15-8)7-14-9-3-2-4-10-12(9)17-20-16-10/h2-6,14H,7H2,1H3. The van der Waals surface area contributed by atoms with Gasteiger partial charge in [0.25, 0.3) is 0 Å². The summed E-state index contributed by atoms with van der Waals surface area (Å²) in [7, 11) is 0. The van der Waals surface area contributed by atoms with Gasteiger partial charge in [0.15, 0.2) is 0 Å². The summed E-state index contributed by atoms with van der Waals surface area (Å²) < 4.78 is 11.0. The number of imidazole rings is 1. The number of nitrogens with zero attached hydrogens (tertiary/aromatic N) is 4. The molecule has 0 saturated heterocycles. The fourth-order valence-electron chi connectivity index (χ4n) is 2.28. The monoisotopic (exact) mass is 349 g/mol. The molecular formula is C13H11N5SSe. The fraction of sp³-hybridized carbons (Fsp3) is 0.154. The number of aromatic nitrogens is 4. The van der Waals surface area contributed by atoms with Crippen molar-refractivity contribution in [2.75, 3.05) is 5.32 Å². The summed E-state index contributed by atoms with van der Waals surface area (Å²) in [6.07, 6.45) is 2.06. The number of thiazole rings is 1. The molecule has 0 amide bonds. The van der Waals surface area contributed by atoms with Gasteiger partial charge < -0.3 is 0 Å². The first kappa shape index (κ1) is 12.1. The Kier molecular flexibility index (Phi) is 2.84. The van der Waals surface area contributed by atoms with Crippen LogP contribution in [-0.4, -0.2) is 32.3 Å². The molecule has 1 aromatic carbocycles. The van der Waals surface area contributed by atoms with Gasteiger partial charge in [-0.25, -0.2) is 0 Å². The third-order valence-electron chi connectivity index (χ3n) is 3.29. The van der Waals surface area contributed by atoms with Gasteiger partial charge in [0.05, 0.1) is 0 Å². The maximum atomic E-state index is 4.56. The van der Waals surface area contributed by atoms with Crippen molar-refractivity contribution in [1.29, 1.82) is 0 Å². The van der Waals surface area contributed by atoms with E-state index in [0.29, 0.717) is 0 Å². The average Bonchev–Trinajstić information content (AvgIpc) is 3.12. The predicted molar refractivity (Wildman–Crippen MR) is 81.6 cm³/mol. The van der Waals surface area contributed by atoms with Crippen LogP contribution in [-0.2, 0) is 6.54 Å². The molecule has 0 spiro atoms. The molecule has 0 radical (unpaired) electrons. The number of rotatable bonds is 3. The van der Waals surface area contributed by atoms with E-state index in [1.165, 1.54) is 5.69 Å². The van der Waals surface area contributed by atoms with Crippen molar-refractivity contribution >= 4 is 48.0 Å². The number of nitrogens with one attached hydrogen (secondary N) is 1. The maximum absolute atomic E-state index is 4.56. The second kappa shape index (κ2) is 4.70. The van der Waals surface area contributed by atoms with Crippen molar-refractivity contribution in [3.63, 3.8) is 0 Å². The van der Waals surface area contributed by atoms with E-state index in [4.69, 9.17) is 0 Å². The molecule has 20 heavy (non-hydrogen) atoms. The van der Waals surface area contributed by atoms with Crippen molar-refractivity contribution in [1.82, 2.24) is 17.3 Å². The van der Waals surface area contributed by atoms with Gasteiger partial charge in [-0.05, 0) is 0 Å². The average molecular weight is 348 g/mol. The van der Waals surface area contributed by atoms with Crippen molar-refractivity contribution in [2.24, 2.45) is 0 Å². The van der Waals surface area contributed by atoms with E-state index in [2.05, 4.69) is 47.2 Å². The zero-order chi connectivity index (χ0) is 13.5. The third-order valence-corrected chi connectivity index (χ3v) is 5.19. The summed E-state index contributed by atoms with van der Waals surface area (Å²) in [4.78, 5) is 5.60. The SMILES string of the molecule is Cc1nc2sccn2c1CNc1cccc2n[se]nc12. The molecule has 5 nitrogen and oxygen atoms in total. The Morgan fingerprint density at radius 1 is 1.35 bits per heavy atom. The second-order valence-electron chi connectivity index (χ2n) is 4.49. The molecule has 0 aliphatic carbocycles. The van der Waals surface area contributed by atoms with Crippen molar-refractivity contribution < 1.29 is 0 Å². The second-order valence-corrected chi connectivity index (χ2v) is 6.47. The Morgan fingerprint density at radius 2 is 2.30 bits per heavy atom. The summed E-state index contributed by atoms with van der Waals surface area (Å²) in [6, 6.07) is 6.09. The molecule has 1 N–H and O–H groups in total. The molecular weight excluding hydrogens is 337 g/mol. The van der Waals surface area contributed by atoms with Crippen LogP contribution >= 0.6 is 11.3 Å². The minimum atomic E-state index is 0.00721. The first-order valence-electron chi connectivity index (χ1n) is 6.19. The van der Waals surface area contributed by atoms with Crippen LogP contribution in [0.5, 0.6) is 0 Å². The van der Waals surface area contributed by atoms with Crippen molar-refractivity contribution in [3.8, 4) is 0 Å². The molecule has 0 aliphatic rings. The molecule has 0 fully saturated rings.